The van der Waals surface area contributed by atoms with Crippen LogP contribution in [0.2, 0.25) is 0 Å². The molecule has 1 aromatic carbocycles. The molecule has 3 nitrogen and oxygen atoms in total. The van der Waals surface area contributed by atoms with E-state index in [2.05, 4.69) is 23.1 Å². The molecule has 0 spiro atoms. The first-order valence-electron chi connectivity index (χ1n) is 6.92. The smallest absolute Gasteiger partial charge is 0.303 e. The van der Waals surface area contributed by atoms with E-state index in [9.17, 15) is 4.79 Å². The lowest BCUT2D eigenvalue weighted by Gasteiger charge is -2.30. The van der Waals surface area contributed by atoms with Crippen LogP contribution in [0.5, 0.6) is 0 Å². The van der Waals surface area contributed by atoms with Gasteiger partial charge in [0.15, 0.2) is 0 Å². The summed E-state index contributed by atoms with van der Waals surface area (Å²) in [7, 11) is 2.04. The number of aliphatic carboxylic acids is 1. The van der Waals surface area contributed by atoms with Crippen molar-refractivity contribution in [2.45, 2.75) is 39.5 Å². The van der Waals surface area contributed by atoms with Crippen LogP contribution in [0, 0.1) is 5.41 Å². The maximum atomic E-state index is 10.9. The molecule has 0 fully saturated rings. The van der Waals surface area contributed by atoms with Gasteiger partial charge < -0.3 is 10.0 Å². The van der Waals surface area contributed by atoms with Crippen molar-refractivity contribution in [2.24, 2.45) is 5.41 Å². The van der Waals surface area contributed by atoms with E-state index in [1.54, 1.807) is 0 Å². The Hall–Kier alpha value is -1.51. The lowest BCUT2D eigenvalue weighted by Crippen LogP contribution is -2.33. The molecule has 104 valence electrons. The molecule has 0 radical (unpaired) electrons. The Morgan fingerprint density at radius 3 is 2.68 bits per heavy atom. The molecule has 1 N–H and O–H groups in total. The molecule has 1 aliphatic rings. The lowest BCUT2D eigenvalue weighted by molar-refractivity contribution is -0.139. The van der Waals surface area contributed by atoms with Gasteiger partial charge in [0.05, 0.1) is 6.42 Å². The minimum Gasteiger partial charge on any atom is -0.481 e. The molecule has 0 heterocycles. The van der Waals surface area contributed by atoms with E-state index in [0.717, 1.165) is 6.54 Å². The molecular weight excluding hydrogens is 238 g/mol. The zero-order valence-electron chi connectivity index (χ0n) is 12.1. The van der Waals surface area contributed by atoms with Gasteiger partial charge in [-0.05, 0) is 47.9 Å². The van der Waals surface area contributed by atoms with Crippen LogP contribution in [0.15, 0.2) is 18.2 Å². The van der Waals surface area contributed by atoms with Crippen molar-refractivity contribution in [2.75, 3.05) is 18.5 Å². The van der Waals surface area contributed by atoms with Crippen molar-refractivity contribution in [1.29, 1.82) is 0 Å². The molecule has 19 heavy (non-hydrogen) atoms. The molecule has 0 atom stereocenters. The van der Waals surface area contributed by atoms with E-state index in [4.69, 9.17) is 5.11 Å². The first-order chi connectivity index (χ1) is 8.87. The average molecular weight is 261 g/mol. The van der Waals surface area contributed by atoms with Gasteiger partial charge in [-0.15, -0.1) is 0 Å². The topological polar surface area (TPSA) is 40.5 Å². The van der Waals surface area contributed by atoms with Gasteiger partial charge in [0.25, 0.3) is 0 Å². The highest BCUT2D eigenvalue weighted by Gasteiger charge is 2.24. The minimum atomic E-state index is -0.729. The number of benzene rings is 1. The standard InChI is InChI=1S/C16H23NO2/c1-16(2,10-15(18)19)11-17(3)14-8-7-12-5-4-6-13(12)9-14/h7-9H,4-6,10-11H2,1-3H3,(H,18,19). The first-order valence-corrected chi connectivity index (χ1v) is 6.92. The monoisotopic (exact) mass is 261 g/mol. The molecule has 0 aliphatic heterocycles. The summed E-state index contributed by atoms with van der Waals surface area (Å²) in [4.78, 5) is 13.0. The molecule has 1 aliphatic carbocycles. The predicted molar refractivity (Wildman–Crippen MR) is 77.8 cm³/mol. The molecule has 0 bridgehead atoms. The summed E-state index contributed by atoms with van der Waals surface area (Å²) in [5, 5.41) is 8.94. The van der Waals surface area contributed by atoms with E-state index in [0.29, 0.717) is 0 Å². The molecular formula is C16H23NO2. The van der Waals surface area contributed by atoms with Crippen molar-refractivity contribution in [3.05, 3.63) is 29.3 Å². The highest BCUT2D eigenvalue weighted by Crippen LogP contribution is 2.29. The fourth-order valence-electron chi connectivity index (χ4n) is 2.99. The third-order valence-corrected chi connectivity index (χ3v) is 3.82. The predicted octanol–water partition coefficient (Wildman–Crippen LogP) is 3.11. The number of carbonyl (C=O) groups is 1. The van der Waals surface area contributed by atoms with E-state index < -0.39 is 5.97 Å². The number of aryl methyl sites for hydroxylation is 2. The van der Waals surface area contributed by atoms with Crippen LogP contribution >= 0.6 is 0 Å². The molecule has 2 rings (SSSR count). The third kappa shape index (κ3) is 3.49. The summed E-state index contributed by atoms with van der Waals surface area (Å²) in [5.74, 6) is -0.729. The van der Waals surface area contributed by atoms with Gasteiger partial charge in [-0.2, -0.15) is 0 Å². The first kappa shape index (κ1) is 13.9. The van der Waals surface area contributed by atoms with E-state index >= 15 is 0 Å². The number of anilines is 1. The maximum Gasteiger partial charge on any atom is 0.303 e. The second kappa shape index (κ2) is 5.24. The SMILES string of the molecule is CN(CC(C)(C)CC(=O)O)c1ccc2c(c1)CCC2. The highest BCUT2D eigenvalue weighted by atomic mass is 16.4. The average Bonchev–Trinajstić information content (AvgIpc) is 2.72. The Morgan fingerprint density at radius 1 is 1.32 bits per heavy atom. The van der Waals surface area contributed by atoms with Crippen LogP contribution in [0.25, 0.3) is 0 Å². The number of hydrogen-bond donors (Lipinski definition) is 1. The summed E-state index contributed by atoms with van der Waals surface area (Å²) in [6, 6.07) is 6.64. The Labute approximate surface area is 115 Å². The maximum absolute atomic E-state index is 10.9. The quantitative estimate of drug-likeness (QED) is 0.885. The molecule has 3 heteroatoms. The zero-order chi connectivity index (χ0) is 14.0. The second-order valence-corrected chi connectivity index (χ2v) is 6.40. The molecule has 0 aromatic heterocycles. The summed E-state index contributed by atoms with van der Waals surface area (Å²) < 4.78 is 0. The van der Waals surface area contributed by atoms with Crippen molar-refractivity contribution >= 4 is 11.7 Å². The van der Waals surface area contributed by atoms with Crippen LogP contribution < -0.4 is 4.90 Å². The number of carboxylic acids is 1. The van der Waals surface area contributed by atoms with Crippen LogP contribution in [0.4, 0.5) is 5.69 Å². The second-order valence-electron chi connectivity index (χ2n) is 6.40. The van der Waals surface area contributed by atoms with Gasteiger partial charge in [-0.25, -0.2) is 0 Å². The minimum absolute atomic E-state index is 0.197. The van der Waals surface area contributed by atoms with Crippen LogP contribution in [-0.2, 0) is 17.6 Å². The molecule has 0 amide bonds. The van der Waals surface area contributed by atoms with E-state index in [1.165, 1.54) is 36.1 Å². The van der Waals surface area contributed by atoms with Gasteiger partial charge in [0.2, 0.25) is 0 Å². The summed E-state index contributed by atoms with van der Waals surface area (Å²) >= 11 is 0. The van der Waals surface area contributed by atoms with Gasteiger partial charge >= 0.3 is 5.97 Å². The molecule has 0 unspecified atom stereocenters. The van der Waals surface area contributed by atoms with Crippen molar-refractivity contribution in [1.82, 2.24) is 0 Å². The normalized spacial score (nSPS) is 14.3. The largest absolute Gasteiger partial charge is 0.481 e. The van der Waals surface area contributed by atoms with Crippen molar-refractivity contribution < 1.29 is 9.90 Å². The Morgan fingerprint density at radius 2 is 2.00 bits per heavy atom. The summed E-state index contributed by atoms with van der Waals surface area (Å²) in [5.41, 5.74) is 3.90. The van der Waals surface area contributed by atoms with Crippen molar-refractivity contribution in [3.8, 4) is 0 Å². The molecule has 1 aromatic rings. The van der Waals surface area contributed by atoms with Crippen LogP contribution in [-0.4, -0.2) is 24.7 Å². The number of carboxylic acid groups (broad SMARTS) is 1. The number of nitrogens with zero attached hydrogens (tertiary/aromatic N) is 1. The van der Waals surface area contributed by atoms with Gasteiger partial charge in [-0.3, -0.25) is 4.79 Å². The van der Waals surface area contributed by atoms with Gasteiger partial charge in [-0.1, -0.05) is 19.9 Å². The number of rotatable bonds is 5. The van der Waals surface area contributed by atoms with Gasteiger partial charge in [0, 0.05) is 19.3 Å². The summed E-state index contributed by atoms with van der Waals surface area (Å²) in [6.45, 7) is 4.76. The zero-order valence-corrected chi connectivity index (χ0v) is 12.1. The van der Waals surface area contributed by atoms with Crippen molar-refractivity contribution in [3.63, 3.8) is 0 Å². The molecule has 0 saturated heterocycles. The Balaban J connectivity index is 2.07. The lowest BCUT2D eigenvalue weighted by atomic mass is 9.88. The van der Waals surface area contributed by atoms with E-state index in [1.807, 2.05) is 20.9 Å². The van der Waals surface area contributed by atoms with Crippen LogP contribution in [0.3, 0.4) is 0 Å². The van der Waals surface area contributed by atoms with E-state index in [-0.39, 0.29) is 11.8 Å². The third-order valence-electron chi connectivity index (χ3n) is 3.82. The van der Waals surface area contributed by atoms with Crippen LogP contribution in [0.1, 0.15) is 37.8 Å². The number of fused-ring (bicyclic) bond motifs is 1. The Kier molecular flexibility index (Phi) is 3.83. The van der Waals surface area contributed by atoms with Gasteiger partial charge in [0.1, 0.15) is 0 Å². The fraction of sp³-hybridized carbons (Fsp3) is 0.562. The fourth-order valence-corrected chi connectivity index (χ4v) is 2.99. The molecule has 0 saturated carbocycles. The number of hydrogen-bond acceptors (Lipinski definition) is 2. The highest BCUT2D eigenvalue weighted by molar-refractivity contribution is 5.67. The summed E-state index contributed by atoms with van der Waals surface area (Å²) in [6.07, 6.45) is 3.83. The Bertz CT molecular complexity index is 480.